The van der Waals surface area contributed by atoms with Gasteiger partial charge in [0.25, 0.3) is 0 Å². The average Bonchev–Trinajstić information content (AvgIpc) is 2.36. The molecule has 0 saturated heterocycles. The van der Waals surface area contributed by atoms with E-state index in [0.29, 0.717) is 13.0 Å². The highest BCUT2D eigenvalue weighted by Crippen LogP contribution is 2.04. The molecule has 0 spiro atoms. The molecule has 5 heteroatoms. The van der Waals surface area contributed by atoms with Gasteiger partial charge in [0.05, 0.1) is 0 Å². The smallest absolute Gasteiger partial charge is 0.303 e. The maximum atomic E-state index is 11.6. The fourth-order valence-electron chi connectivity index (χ4n) is 1.37. The first-order valence-electron chi connectivity index (χ1n) is 5.75. The van der Waals surface area contributed by atoms with E-state index >= 15 is 0 Å². The van der Waals surface area contributed by atoms with Gasteiger partial charge < -0.3 is 5.11 Å². The van der Waals surface area contributed by atoms with Crippen LogP contribution < -0.4 is 0 Å². The lowest BCUT2D eigenvalue weighted by Crippen LogP contribution is -2.26. The third kappa shape index (κ3) is 5.45. The fraction of sp³-hybridized carbons (Fsp3) is 0.385. The van der Waals surface area contributed by atoms with Crippen molar-refractivity contribution in [3.63, 3.8) is 0 Å². The maximum absolute atomic E-state index is 11.6. The molecule has 0 saturated carbocycles. The number of carbonyl (C=O) groups is 2. The van der Waals surface area contributed by atoms with Gasteiger partial charge in [-0.2, -0.15) is 0 Å². The van der Waals surface area contributed by atoms with Gasteiger partial charge in [0.1, 0.15) is 6.61 Å². The summed E-state index contributed by atoms with van der Waals surface area (Å²) in [6, 6.07) is 9.51. The SMILES string of the molecule is CN(OCc1ccccc1)C(=O)CCCC(=O)O. The predicted octanol–water partition coefficient (Wildman–Crippen LogP) is 1.83. The highest BCUT2D eigenvalue weighted by Gasteiger charge is 2.10. The van der Waals surface area contributed by atoms with Gasteiger partial charge >= 0.3 is 5.97 Å². The molecule has 0 unspecified atom stereocenters. The first-order valence-corrected chi connectivity index (χ1v) is 5.75. The summed E-state index contributed by atoms with van der Waals surface area (Å²) < 4.78 is 0. The van der Waals surface area contributed by atoms with E-state index in [1.165, 1.54) is 7.05 Å². The van der Waals surface area contributed by atoms with Crippen molar-refractivity contribution < 1.29 is 19.5 Å². The third-order valence-electron chi connectivity index (χ3n) is 2.40. The van der Waals surface area contributed by atoms with Crippen LogP contribution in [0, 0.1) is 0 Å². The number of hydrogen-bond donors (Lipinski definition) is 1. The van der Waals surface area contributed by atoms with Crippen molar-refractivity contribution in [1.29, 1.82) is 0 Å². The zero-order chi connectivity index (χ0) is 13.4. The summed E-state index contributed by atoms with van der Waals surface area (Å²) in [4.78, 5) is 27.1. The van der Waals surface area contributed by atoms with Gasteiger partial charge in [0, 0.05) is 19.9 Å². The van der Waals surface area contributed by atoms with Crippen LogP contribution in [-0.4, -0.2) is 29.1 Å². The lowest BCUT2D eigenvalue weighted by atomic mass is 10.2. The maximum Gasteiger partial charge on any atom is 0.303 e. The highest BCUT2D eigenvalue weighted by molar-refractivity contribution is 5.75. The number of aliphatic carboxylic acids is 1. The Morgan fingerprint density at radius 1 is 1.22 bits per heavy atom. The largest absolute Gasteiger partial charge is 0.481 e. The lowest BCUT2D eigenvalue weighted by molar-refractivity contribution is -0.182. The molecule has 0 aliphatic rings. The number of benzene rings is 1. The molecule has 0 heterocycles. The Kier molecular flexibility index (Phi) is 5.87. The topological polar surface area (TPSA) is 66.8 Å². The minimum Gasteiger partial charge on any atom is -0.481 e. The van der Waals surface area contributed by atoms with Crippen molar-refractivity contribution in [2.75, 3.05) is 7.05 Å². The van der Waals surface area contributed by atoms with E-state index < -0.39 is 5.97 Å². The van der Waals surface area contributed by atoms with Crippen LogP contribution >= 0.6 is 0 Å². The minimum absolute atomic E-state index is 0.00172. The van der Waals surface area contributed by atoms with Gasteiger partial charge in [-0.05, 0) is 12.0 Å². The number of rotatable bonds is 7. The van der Waals surface area contributed by atoms with Crippen molar-refractivity contribution in [2.45, 2.75) is 25.9 Å². The Hall–Kier alpha value is -1.88. The van der Waals surface area contributed by atoms with Gasteiger partial charge in [-0.15, -0.1) is 0 Å². The molecule has 0 atom stereocenters. The van der Waals surface area contributed by atoms with Crippen LogP contribution in [0.25, 0.3) is 0 Å². The molecule has 0 aliphatic carbocycles. The van der Waals surface area contributed by atoms with Gasteiger partial charge in [-0.25, -0.2) is 5.06 Å². The average molecular weight is 251 g/mol. The number of nitrogens with zero attached hydrogens (tertiary/aromatic N) is 1. The third-order valence-corrected chi connectivity index (χ3v) is 2.40. The molecule has 0 aromatic heterocycles. The summed E-state index contributed by atoms with van der Waals surface area (Å²) in [5, 5.41) is 9.62. The summed E-state index contributed by atoms with van der Waals surface area (Å²) >= 11 is 0. The van der Waals surface area contributed by atoms with Crippen LogP contribution in [0.1, 0.15) is 24.8 Å². The first-order chi connectivity index (χ1) is 8.59. The van der Waals surface area contributed by atoms with E-state index in [9.17, 15) is 9.59 Å². The molecule has 0 fully saturated rings. The molecule has 0 aliphatic heterocycles. The van der Waals surface area contributed by atoms with Crippen LogP contribution in [0.2, 0.25) is 0 Å². The number of carboxylic acid groups (broad SMARTS) is 1. The van der Waals surface area contributed by atoms with E-state index in [-0.39, 0.29) is 18.7 Å². The normalized spacial score (nSPS) is 10.1. The zero-order valence-corrected chi connectivity index (χ0v) is 10.3. The fourth-order valence-corrected chi connectivity index (χ4v) is 1.37. The van der Waals surface area contributed by atoms with Crippen molar-refractivity contribution in [3.8, 4) is 0 Å². The summed E-state index contributed by atoms with van der Waals surface area (Å²) in [6.07, 6.45) is 0.503. The van der Waals surface area contributed by atoms with Crippen molar-refractivity contribution in [3.05, 3.63) is 35.9 Å². The molecule has 1 aromatic rings. The standard InChI is InChI=1S/C13H17NO4/c1-14(12(15)8-5-9-13(16)17)18-10-11-6-3-2-4-7-11/h2-4,6-7H,5,8-10H2,1H3,(H,16,17). The number of amides is 1. The lowest BCUT2D eigenvalue weighted by Gasteiger charge is -2.16. The molecular weight excluding hydrogens is 234 g/mol. The van der Waals surface area contributed by atoms with Gasteiger partial charge in [-0.1, -0.05) is 30.3 Å². The van der Waals surface area contributed by atoms with Crippen LogP contribution in [-0.2, 0) is 21.0 Å². The van der Waals surface area contributed by atoms with E-state index in [0.717, 1.165) is 10.6 Å². The molecule has 18 heavy (non-hydrogen) atoms. The van der Waals surface area contributed by atoms with Crippen LogP contribution in [0.4, 0.5) is 0 Å². The molecule has 0 radical (unpaired) electrons. The predicted molar refractivity (Wildman–Crippen MR) is 65.5 cm³/mol. The number of hydrogen-bond acceptors (Lipinski definition) is 3. The Bertz CT molecular complexity index is 391. The Labute approximate surface area is 106 Å². The van der Waals surface area contributed by atoms with Crippen molar-refractivity contribution in [1.82, 2.24) is 5.06 Å². The molecule has 1 amide bonds. The second-order valence-electron chi connectivity index (χ2n) is 3.90. The molecule has 1 N–H and O–H groups in total. The molecule has 0 bridgehead atoms. The number of carboxylic acids is 1. The Morgan fingerprint density at radius 2 is 1.89 bits per heavy atom. The molecule has 1 aromatic carbocycles. The van der Waals surface area contributed by atoms with E-state index in [1.807, 2.05) is 30.3 Å². The van der Waals surface area contributed by atoms with Crippen LogP contribution in [0.3, 0.4) is 0 Å². The molecular formula is C13H17NO4. The monoisotopic (exact) mass is 251 g/mol. The second-order valence-corrected chi connectivity index (χ2v) is 3.90. The minimum atomic E-state index is -0.893. The van der Waals surface area contributed by atoms with Gasteiger partial charge in [0.2, 0.25) is 5.91 Å². The highest BCUT2D eigenvalue weighted by atomic mass is 16.7. The number of hydroxylamine groups is 2. The summed E-state index contributed by atoms with van der Waals surface area (Å²) in [6.45, 7) is 0.321. The molecule has 5 nitrogen and oxygen atoms in total. The summed E-state index contributed by atoms with van der Waals surface area (Å²) in [7, 11) is 1.53. The molecule has 98 valence electrons. The Morgan fingerprint density at radius 3 is 2.50 bits per heavy atom. The molecule has 1 rings (SSSR count). The van der Waals surface area contributed by atoms with E-state index in [1.54, 1.807) is 0 Å². The van der Waals surface area contributed by atoms with Crippen LogP contribution in [0.15, 0.2) is 30.3 Å². The van der Waals surface area contributed by atoms with Crippen LogP contribution in [0.5, 0.6) is 0 Å². The van der Waals surface area contributed by atoms with E-state index in [2.05, 4.69) is 0 Å². The summed E-state index contributed by atoms with van der Waals surface area (Å²) in [5.41, 5.74) is 0.975. The van der Waals surface area contributed by atoms with Gasteiger partial charge in [-0.3, -0.25) is 14.4 Å². The van der Waals surface area contributed by atoms with E-state index in [4.69, 9.17) is 9.94 Å². The number of carbonyl (C=O) groups excluding carboxylic acids is 1. The zero-order valence-electron chi connectivity index (χ0n) is 10.3. The first kappa shape index (κ1) is 14.2. The second kappa shape index (κ2) is 7.45. The van der Waals surface area contributed by atoms with Crippen molar-refractivity contribution >= 4 is 11.9 Å². The van der Waals surface area contributed by atoms with Gasteiger partial charge in [0.15, 0.2) is 0 Å². The van der Waals surface area contributed by atoms with Crippen molar-refractivity contribution in [2.24, 2.45) is 0 Å². The Balaban J connectivity index is 2.25. The quantitative estimate of drug-likeness (QED) is 0.751. The summed E-state index contributed by atoms with van der Waals surface area (Å²) in [5.74, 6) is -1.11.